The van der Waals surface area contributed by atoms with E-state index in [2.05, 4.69) is 16.0 Å². The van der Waals surface area contributed by atoms with E-state index in [0.29, 0.717) is 30.1 Å². The van der Waals surface area contributed by atoms with Crippen molar-refractivity contribution in [1.82, 2.24) is 10.6 Å². The lowest BCUT2D eigenvalue weighted by Crippen LogP contribution is -2.34. The van der Waals surface area contributed by atoms with Gasteiger partial charge in [-0.2, -0.15) is 0 Å². The number of ether oxygens (including phenoxy) is 1. The van der Waals surface area contributed by atoms with Gasteiger partial charge in [0.1, 0.15) is 5.60 Å². The first-order valence-corrected chi connectivity index (χ1v) is 10.9. The van der Waals surface area contributed by atoms with Crippen molar-refractivity contribution in [2.45, 2.75) is 52.2 Å². The van der Waals surface area contributed by atoms with Crippen LogP contribution in [0.1, 0.15) is 44.7 Å². The van der Waals surface area contributed by atoms with Crippen molar-refractivity contribution >= 4 is 35.2 Å². The Morgan fingerprint density at radius 1 is 0.906 bits per heavy atom. The second kappa shape index (κ2) is 12.1. The summed E-state index contributed by atoms with van der Waals surface area (Å²) in [6.07, 6.45) is 0.514. The summed E-state index contributed by atoms with van der Waals surface area (Å²) in [5.41, 5.74) is 1.93. The Hall–Kier alpha value is -3.06. The van der Waals surface area contributed by atoms with Gasteiger partial charge in [-0.1, -0.05) is 41.9 Å². The Labute approximate surface area is 193 Å². The molecule has 0 fully saturated rings. The number of nitrogens with one attached hydrogen (secondary N) is 3. The smallest absolute Gasteiger partial charge is 0.407 e. The second-order valence-corrected chi connectivity index (χ2v) is 8.70. The minimum absolute atomic E-state index is 0.0558. The Balaban J connectivity index is 1.68. The molecule has 0 unspecified atom stereocenters. The summed E-state index contributed by atoms with van der Waals surface area (Å²) in [6, 6.07) is 14.7. The molecule has 32 heavy (non-hydrogen) atoms. The van der Waals surface area contributed by atoms with Crippen LogP contribution >= 0.6 is 11.6 Å². The van der Waals surface area contributed by atoms with Crippen LogP contribution in [0.3, 0.4) is 0 Å². The molecule has 0 atom stereocenters. The number of anilines is 1. The van der Waals surface area contributed by atoms with Gasteiger partial charge in [-0.05, 0) is 56.5 Å². The zero-order valence-electron chi connectivity index (χ0n) is 18.7. The molecule has 0 radical (unpaired) electrons. The highest BCUT2D eigenvalue weighted by molar-refractivity contribution is 6.31. The van der Waals surface area contributed by atoms with E-state index in [0.717, 1.165) is 11.1 Å². The van der Waals surface area contributed by atoms with Crippen LogP contribution in [0.15, 0.2) is 48.5 Å². The maximum atomic E-state index is 12.1. The largest absolute Gasteiger partial charge is 0.444 e. The predicted molar refractivity (Wildman–Crippen MR) is 126 cm³/mol. The molecule has 0 heterocycles. The molecule has 2 rings (SSSR count). The minimum Gasteiger partial charge on any atom is -0.444 e. The molecule has 3 amide bonds. The van der Waals surface area contributed by atoms with Gasteiger partial charge in [0, 0.05) is 36.6 Å². The van der Waals surface area contributed by atoms with Gasteiger partial charge in [0.15, 0.2) is 0 Å². The summed E-state index contributed by atoms with van der Waals surface area (Å²) >= 11 is 6.11. The van der Waals surface area contributed by atoms with E-state index in [9.17, 15) is 14.4 Å². The number of benzene rings is 2. The average molecular weight is 460 g/mol. The van der Waals surface area contributed by atoms with Crippen molar-refractivity contribution < 1.29 is 19.1 Å². The Kier molecular flexibility index (Phi) is 9.53. The minimum atomic E-state index is -0.580. The third-order valence-electron chi connectivity index (χ3n) is 4.33. The number of rotatable bonds is 9. The molecule has 0 aliphatic carbocycles. The van der Waals surface area contributed by atoms with E-state index >= 15 is 0 Å². The monoisotopic (exact) mass is 459 g/mol. The fraction of sp³-hybridized carbons (Fsp3) is 0.375. The molecule has 0 bridgehead atoms. The fourth-order valence-corrected chi connectivity index (χ4v) is 2.99. The highest BCUT2D eigenvalue weighted by Crippen LogP contribution is 2.16. The number of hydrogen-bond acceptors (Lipinski definition) is 4. The summed E-state index contributed by atoms with van der Waals surface area (Å²) in [7, 11) is 0. The normalized spacial score (nSPS) is 10.9. The lowest BCUT2D eigenvalue weighted by atomic mass is 10.1. The molecule has 0 aromatic heterocycles. The van der Waals surface area contributed by atoms with Crippen LogP contribution in [0.2, 0.25) is 5.02 Å². The molecule has 0 saturated carbocycles. The van der Waals surface area contributed by atoms with Crippen LogP contribution in [0.25, 0.3) is 0 Å². The SMILES string of the molecule is CC(C)(C)OC(=O)NCCC(=O)Nc1ccc(CNC(=O)CCc2ccccc2Cl)cc1. The van der Waals surface area contributed by atoms with Gasteiger partial charge >= 0.3 is 6.09 Å². The fourth-order valence-electron chi connectivity index (χ4n) is 2.76. The van der Waals surface area contributed by atoms with Crippen molar-refractivity contribution in [3.05, 3.63) is 64.7 Å². The number of aryl methyl sites for hydroxylation is 1. The quantitative estimate of drug-likeness (QED) is 0.516. The first-order chi connectivity index (χ1) is 15.1. The van der Waals surface area contributed by atoms with E-state index in [1.165, 1.54) is 0 Å². The summed E-state index contributed by atoms with van der Waals surface area (Å²) in [4.78, 5) is 35.7. The van der Waals surface area contributed by atoms with Gasteiger partial charge in [-0.3, -0.25) is 9.59 Å². The highest BCUT2D eigenvalue weighted by Gasteiger charge is 2.15. The standard InChI is InChI=1S/C24H30ClN3O4/c1-24(2,3)32-23(31)26-15-14-22(30)28-19-11-8-17(9-12-19)16-27-21(29)13-10-18-6-4-5-7-20(18)25/h4-9,11-12H,10,13-16H2,1-3H3,(H,26,31)(H,27,29)(H,28,30). The molecule has 0 aliphatic rings. The van der Waals surface area contributed by atoms with Crippen LogP contribution in [-0.2, 0) is 27.3 Å². The molecule has 0 spiro atoms. The summed E-state index contributed by atoms with van der Waals surface area (Å²) in [6.45, 7) is 5.90. The number of alkyl carbamates (subject to hydrolysis) is 1. The molecule has 172 valence electrons. The number of carbonyl (C=O) groups is 3. The van der Waals surface area contributed by atoms with Crippen LogP contribution in [-0.4, -0.2) is 30.1 Å². The molecular formula is C24H30ClN3O4. The van der Waals surface area contributed by atoms with Crippen molar-refractivity contribution in [2.24, 2.45) is 0 Å². The Morgan fingerprint density at radius 3 is 2.25 bits per heavy atom. The third kappa shape index (κ3) is 9.83. The number of halogens is 1. The maximum Gasteiger partial charge on any atom is 0.407 e. The molecule has 7 nitrogen and oxygen atoms in total. The van der Waals surface area contributed by atoms with E-state index in [4.69, 9.17) is 16.3 Å². The Morgan fingerprint density at radius 2 is 1.59 bits per heavy atom. The van der Waals surface area contributed by atoms with Crippen molar-refractivity contribution in [2.75, 3.05) is 11.9 Å². The molecule has 2 aromatic rings. The topological polar surface area (TPSA) is 96.5 Å². The zero-order chi connectivity index (χ0) is 23.6. The molecule has 0 aliphatic heterocycles. The van der Waals surface area contributed by atoms with E-state index in [-0.39, 0.29) is 24.8 Å². The van der Waals surface area contributed by atoms with Crippen LogP contribution in [0.4, 0.5) is 10.5 Å². The molecule has 3 N–H and O–H groups in total. The van der Waals surface area contributed by atoms with Gasteiger partial charge in [0.25, 0.3) is 0 Å². The maximum absolute atomic E-state index is 12.1. The van der Waals surface area contributed by atoms with Crippen LogP contribution in [0, 0.1) is 0 Å². The van der Waals surface area contributed by atoms with Crippen LogP contribution < -0.4 is 16.0 Å². The molecular weight excluding hydrogens is 430 g/mol. The lowest BCUT2D eigenvalue weighted by molar-refractivity contribution is -0.121. The Bertz CT molecular complexity index is 924. The van der Waals surface area contributed by atoms with Crippen molar-refractivity contribution in [1.29, 1.82) is 0 Å². The van der Waals surface area contributed by atoms with Crippen molar-refractivity contribution in [3.8, 4) is 0 Å². The number of hydrogen-bond donors (Lipinski definition) is 3. The third-order valence-corrected chi connectivity index (χ3v) is 4.70. The van der Waals surface area contributed by atoms with Gasteiger partial charge in [0.2, 0.25) is 11.8 Å². The number of amides is 3. The number of carbonyl (C=O) groups excluding carboxylic acids is 3. The first kappa shape index (κ1) is 25.2. The van der Waals surface area contributed by atoms with E-state index < -0.39 is 11.7 Å². The van der Waals surface area contributed by atoms with Gasteiger partial charge < -0.3 is 20.7 Å². The summed E-state index contributed by atoms with van der Waals surface area (Å²) in [5.74, 6) is -0.276. The van der Waals surface area contributed by atoms with Crippen molar-refractivity contribution in [3.63, 3.8) is 0 Å². The average Bonchev–Trinajstić information content (AvgIpc) is 2.71. The summed E-state index contributed by atoms with van der Waals surface area (Å²) in [5, 5.41) is 8.86. The van der Waals surface area contributed by atoms with Gasteiger partial charge in [0.05, 0.1) is 0 Å². The predicted octanol–water partition coefficient (Wildman–Crippen LogP) is 4.44. The lowest BCUT2D eigenvalue weighted by Gasteiger charge is -2.19. The van der Waals surface area contributed by atoms with Gasteiger partial charge in [-0.15, -0.1) is 0 Å². The molecule has 0 saturated heterocycles. The molecule has 8 heteroatoms. The van der Waals surface area contributed by atoms with Gasteiger partial charge in [-0.25, -0.2) is 4.79 Å². The summed E-state index contributed by atoms with van der Waals surface area (Å²) < 4.78 is 5.12. The van der Waals surface area contributed by atoms with Crippen LogP contribution in [0.5, 0.6) is 0 Å². The zero-order valence-corrected chi connectivity index (χ0v) is 19.4. The second-order valence-electron chi connectivity index (χ2n) is 8.29. The van der Waals surface area contributed by atoms with E-state index in [1.54, 1.807) is 32.9 Å². The first-order valence-electron chi connectivity index (χ1n) is 10.5. The van der Waals surface area contributed by atoms with E-state index in [1.807, 2.05) is 36.4 Å². The molecule has 2 aromatic carbocycles. The highest BCUT2D eigenvalue weighted by atomic mass is 35.5.